The van der Waals surface area contributed by atoms with Crippen LogP contribution < -0.4 is 10.9 Å². The van der Waals surface area contributed by atoms with Crippen molar-refractivity contribution in [1.82, 2.24) is 10.9 Å². The third-order valence-electron chi connectivity index (χ3n) is 19.1. The van der Waals surface area contributed by atoms with Gasteiger partial charge in [-0.1, -0.05) is 108 Å². The Kier molecular flexibility index (Phi) is 13.4. The molecular weight excluding hydrogens is 877 g/mol. The lowest BCUT2D eigenvalue weighted by molar-refractivity contribution is -0.363. The zero-order valence-electron chi connectivity index (χ0n) is 40.0. The molecule has 6 fully saturated rings. The number of benzene rings is 2. The standard InChI is InChI=1S/C56H74N2O7S2/c1-37-18-21-46(59)56-47(60)23-26-52(3)44-16-10-17-45(44)57-58-54(49(52)56)36-51(2,55(56,63)27-22-41-31-48(61)64-33-41)24-11-25-53(50(62)65-54)32-40(29-38-12-6-4-7-13-38)19-20-43(53)35-67-66-34-42(28-37)30-39-14-8-5-9-15-39/h4-9,12-15,31,37,40,42-47,49,57-60,63H,10,16-23,25-30,32-36H2,1-3H3. The van der Waals surface area contributed by atoms with E-state index < -0.39 is 57.1 Å². The topological polar surface area (TPSA) is 137 Å². The normalized spacial score (nSPS) is 44.2. The number of fused-ring (bicyclic) bond motifs is 4. The first-order valence-electron chi connectivity index (χ1n) is 25.8. The lowest BCUT2D eigenvalue weighted by Gasteiger charge is -2.73. The molecule has 4 bridgehead atoms. The highest BCUT2D eigenvalue weighted by Crippen LogP contribution is 2.74. The second kappa shape index (κ2) is 18.7. The SMILES string of the molecule is CC1CCC(O)C23C(O)CCC4(C)C5CCCC5NNC5(CC(C)(C#CCC6(CC(Cc7ccccc7)CCC6CSSCC(Cc6ccccc6)C1)C(=O)O5)C2(O)CCC1=CC(=O)OC1)C43. The molecular formula is C56H74N2O7S2. The number of hydrogen-bond acceptors (Lipinski definition) is 11. The number of aliphatic hydroxyl groups is 3. The molecule has 4 aliphatic carbocycles. The summed E-state index contributed by atoms with van der Waals surface area (Å²) in [7, 11) is 3.84. The largest absolute Gasteiger partial charge is 0.458 e. The highest BCUT2D eigenvalue weighted by molar-refractivity contribution is 8.76. The summed E-state index contributed by atoms with van der Waals surface area (Å²) in [5, 5.41) is 41.6. The van der Waals surface area contributed by atoms with Crippen molar-refractivity contribution < 1.29 is 34.4 Å². The Morgan fingerprint density at radius 1 is 0.851 bits per heavy atom. The molecule has 0 radical (unpaired) electrons. The molecule has 4 heterocycles. The molecule has 11 heteroatoms. The number of carbonyl (C=O) groups excluding carboxylic acids is 2. The third kappa shape index (κ3) is 8.26. The van der Waals surface area contributed by atoms with Crippen molar-refractivity contribution in [1.29, 1.82) is 0 Å². The minimum Gasteiger partial charge on any atom is -0.458 e. The van der Waals surface area contributed by atoms with E-state index in [0.717, 1.165) is 68.4 Å². The van der Waals surface area contributed by atoms with Gasteiger partial charge in [0.15, 0.2) is 5.72 Å². The fourth-order valence-corrected chi connectivity index (χ4v) is 19.1. The van der Waals surface area contributed by atoms with Gasteiger partial charge in [-0.15, -0.1) is 5.92 Å². The molecule has 2 aromatic rings. The number of hydrazine groups is 1. The van der Waals surface area contributed by atoms with E-state index in [1.165, 1.54) is 17.2 Å². The Bertz CT molecular complexity index is 2240. The number of ether oxygens (including phenoxy) is 2. The second-order valence-electron chi connectivity index (χ2n) is 23.1. The van der Waals surface area contributed by atoms with Gasteiger partial charge in [0.25, 0.3) is 0 Å². The van der Waals surface area contributed by atoms with Gasteiger partial charge in [0, 0.05) is 42.4 Å². The van der Waals surface area contributed by atoms with Crippen molar-refractivity contribution in [2.24, 2.45) is 57.2 Å². The average Bonchev–Trinajstić information content (AvgIpc) is 3.96. The highest BCUT2D eigenvalue weighted by Gasteiger charge is 2.82. The van der Waals surface area contributed by atoms with Crippen LogP contribution in [0, 0.1) is 69.0 Å². The Labute approximate surface area is 406 Å². The first-order chi connectivity index (χ1) is 32.2. The molecule has 2 aromatic carbocycles. The molecule has 8 aliphatic rings. The summed E-state index contributed by atoms with van der Waals surface area (Å²) >= 11 is 0. The fourth-order valence-electron chi connectivity index (χ4n) is 16.1. The summed E-state index contributed by atoms with van der Waals surface area (Å²) < 4.78 is 13.0. The van der Waals surface area contributed by atoms with Crippen LogP contribution >= 0.6 is 21.6 Å². The highest BCUT2D eigenvalue weighted by atomic mass is 33.1. The fraction of sp³-hybridized carbons (Fsp3) is 0.679. The van der Waals surface area contributed by atoms with Crippen molar-refractivity contribution in [2.75, 3.05) is 18.1 Å². The molecule has 15 atom stereocenters. The second-order valence-corrected chi connectivity index (χ2v) is 25.7. The van der Waals surface area contributed by atoms with Crippen LogP contribution in [0.3, 0.4) is 0 Å². The molecule has 0 amide bonds. The monoisotopic (exact) mass is 950 g/mol. The molecule has 4 aliphatic heterocycles. The van der Waals surface area contributed by atoms with Crippen molar-refractivity contribution in [3.8, 4) is 11.8 Å². The van der Waals surface area contributed by atoms with Gasteiger partial charge in [0.05, 0.1) is 34.1 Å². The molecule has 10 rings (SSSR count). The van der Waals surface area contributed by atoms with E-state index in [4.69, 9.17) is 9.47 Å². The van der Waals surface area contributed by atoms with Gasteiger partial charge in [-0.3, -0.25) is 10.2 Å². The maximum absolute atomic E-state index is 16.3. The van der Waals surface area contributed by atoms with Crippen molar-refractivity contribution in [3.63, 3.8) is 0 Å². The number of rotatable bonds is 7. The van der Waals surface area contributed by atoms with Crippen LogP contribution in [0.4, 0.5) is 0 Å². The van der Waals surface area contributed by atoms with Gasteiger partial charge >= 0.3 is 11.9 Å². The minimum absolute atomic E-state index is 0.00526. The van der Waals surface area contributed by atoms with E-state index in [1.54, 1.807) is 0 Å². The lowest BCUT2D eigenvalue weighted by Crippen LogP contribution is -2.84. The van der Waals surface area contributed by atoms with E-state index in [1.807, 2.05) is 28.5 Å². The zero-order chi connectivity index (χ0) is 46.7. The van der Waals surface area contributed by atoms with Crippen molar-refractivity contribution in [2.45, 2.75) is 160 Å². The Morgan fingerprint density at radius 2 is 1.57 bits per heavy atom. The number of hydrogen-bond donors (Lipinski definition) is 5. The molecule has 4 saturated carbocycles. The molecule has 67 heavy (non-hydrogen) atoms. The number of carbonyl (C=O) groups is 2. The van der Waals surface area contributed by atoms with Gasteiger partial charge in [-0.25, -0.2) is 10.2 Å². The van der Waals surface area contributed by atoms with E-state index in [2.05, 4.69) is 97.2 Å². The van der Waals surface area contributed by atoms with E-state index in [-0.39, 0.29) is 55.1 Å². The van der Waals surface area contributed by atoms with E-state index in [0.29, 0.717) is 50.9 Å². The average molecular weight is 951 g/mol. The minimum atomic E-state index is -1.78. The molecule has 362 valence electrons. The van der Waals surface area contributed by atoms with Crippen LogP contribution in [-0.2, 0) is 31.9 Å². The Balaban J connectivity index is 1.16. The Hall–Kier alpha value is -2.82. The van der Waals surface area contributed by atoms with E-state index >= 15 is 4.79 Å². The quantitative estimate of drug-likeness (QED) is 0.103. The first-order valence-corrected chi connectivity index (χ1v) is 28.3. The van der Waals surface area contributed by atoms with Crippen LogP contribution in [0.25, 0.3) is 0 Å². The molecule has 15 unspecified atom stereocenters. The maximum atomic E-state index is 16.3. The number of cyclic esters (lactones) is 1. The zero-order valence-corrected chi connectivity index (χ0v) is 41.6. The van der Waals surface area contributed by atoms with Gasteiger partial charge < -0.3 is 24.8 Å². The third-order valence-corrected chi connectivity index (χ3v) is 21.8. The first kappa shape index (κ1) is 47.8. The van der Waals surface area contributed by atoms with Crippen molar-refractivity contribution >= 4 is 33.5 Å². The molecule has 0 aromatic heterocycles. The predicted molar refractivity (Wildman–Crippen MR) is 265 cm³/mol. The molecule has 9 nitrogen and oxygen atoms in total. The molecule has 5 N–H and O–H groups in total. The summed E-state index contributed by atoms with van der Waals surface area (Å²) in [5.41, 5.74) is 3.42. The summed E-state index contributed by atoms with van der Waals surface area (Å²) in [6.07, 6.45) is 10.6. The Morgan fingerprint density at radius 3 is 2.30 bits per heavy atom. The maximum Gasteiger partial charge on any atom is 0.331 e. The smallest absolute Gasteiger partial charge is 0.331 e. The predicted octanol–water partition coefficient (Wildman–Crippen LogP) is 9.14. The summed E-state index contributed by atoms with van der Waals surface area (Å²) in [5.74, 6) is 8.93. The molecule has 2 spiro atoms. The van der Waals surface area contributed by atoms with Crippen LogP contribution in [0.1, 0.15) is 128 Å². The number of nitrogens with one attached hydrogen (secondary N) is 2. The van der Waals surface area contributed by atoms with Gasteiger partial charge in [0.2, 0.25) is 0 Å². The summed E-state index contributed by atoms with van der Waals surface area (Å²) in [4.78, 5) is 28.8. The summed E-state index contributed by atoms with van der Waals surface area (Å²) in [6.45, 7) is 6.79. The summed E-state index contributed by atoms with van der Waals surface area (Å²) in [6, 6.07) is 21.5. The van der Waals surface area contributed by atoms with Gasteiger partial charge in [0.1, 0.15) is 6.61 Å². The van der Waals surface area contributed by atoms with Crippen LogP contribution in [0.15, 0.2) is 72.3 Å². The molecule has 2 saturated heterocycles. The number of esters is 2. The van der Waals surface area contributed by atoms with Gasteiger partial charge in [-0.2, -0.15) is 0 Å². The van der Waals surface area contributed by atoms with Crippen LogP contribution in [-0.4, -0.2) is 74.9 Å². The van der Waals surface area contributed by atoms with E-state index in [9.17, 15) is 20.1 Å². The number of aliphatic hydroxyl groups excluding tert-OH is 2. The lowest BCUT2D eigenvalue weighted by atomic mass is 9.34. The van der Waals surface area contributed by atoms with Crippen molar-refractivity contribution in [3.05, 3.63) is 83.4 Å². The van der Waals surface area contributed by atoms with Gasteiger partial charge in [-0.05, 0) is 149 Å². The van der Waals surface area contributed by atoms with Crippen LogP contribution in [0.5, 0.6) is 0 Å². The van der Waals surface area contributed by atoms with Crippen LogP contribution in [0.2, 0.25) is 0 Å².